The molecule has 0 radical (unpaired) electrons. The minimum Gasteiger partial charge on any atom is -0.460 e. The van der Waals surface area contributed by atoms with Crippen LogP contribution in [-0.4, -0.2) is 35.8 Å². The molecule has 1 fully saturated rings. The number of hydrogen-bond acceptors (Lipinski definition) is 4. The molecule has 1 aliphatic heterocycles. The highest BCUT2D eigenvalue weighted by Gasteiger charge is 2.20. The summed E-state index contributed by atoms with van der Waals surface area (Å²) in [7, 11) is 0. The van der Waals surface area contributed by atoms with Gasteiger partial charge in [-0.3, -0.25) is 14.4 Å². The number of rotatable bonds is 7. The van der Waals surface area contributed by atoms with Gasteiger partial charge in [-0.05, 0) is 29.7 Å². The van der Waals surface area contributed by atoms with Gasteiger partial charge in [0, 0.05) is 25.1 Å². The van der Waals surface area contributed by atoms with Crippen molar-refractivity contribution in [3.05, 3.63) is 71.3 Å². The van der Waals surface area contributed by atoms with Gasteiger partial charge in [0.05, 0.1) is 0 Å². The van der Waals surface area contributed by atoms with Crippen molar-refractivity contribution in [1.29, 1.82) is 0 Å². The van der Waals surface area contributed by atoms with Crippen LogP contribution in [0.5, 0.6) is 0 Å². The zero-order chi connectivity index (χ0) is 19.1. The molecule has 6 heteroatoms. The molecule has 0 atom stereocenters. The summed E-state index contributed by atoms with van der Waals surface area (Å²) in [5.74, 6) is -0.696. The lowest BCUT2D eigenvalue weighted by Gasteiger charge is -2.16. The molecule has 1 aliphatic rings. The molecule has 1 saturated heterocycles. The number of nitrogens with one attached hydrogen (secondary N) is 1. The fourth-order valence-electron chi connectivity index (χ4n) is 2.95. The zero-order valence-corrected chi connectivity index (χ0v) is 15.0. The fraction of sp³-hybridized carbons (Fsp3) is 0.286. The Bertz CT molecular complexity index is 820. The van der Waals surface area contributed by atoms with Gasteiger partial charge in [-0.15, -0.1) is 0 Å². The summed E-state index contributed by atoms with van der Waals surface area (Å²) < 4.78 is 5.14. The van der Waals surface area contributed by atoms with Crippen molar-refractivity contribution in [2.24, 2.45) is 0 Å². The number of ether oxygens (including phenoxy) is 1. The molecule has 0 aromatic heterocycles. The predicted octanol–water partition coefficient (Wildman–Crippen LogP) is 2.28. The van der Waals surface area contributed by atoms with Crippen LogP contribution in [0, 0.1) is 0 Å². The maximum Gasteiger partial charge on any atom is 0.325 e. The first-order chi connectivity index (χ1) is 13.1. The highest BCUT2D eigenvalue weighted by atomic mass is 16.5. The van der Waals surface area contributed by atoms with Gasteiger partial charge in [0.2, 0.25) is 5.91 Å². The average molecular weight is 366 g/mol. The van der Waals surface area contributed by atoms with E-state index in [-0.39, 0.29) is 25.0 Å². The van der Waals surface area contributed by atoms with Gasteiger partial charge in [-0.1, -0.05) is 42.5 Å². The normalized spacial score (nSPS) is 13.5. The molecular formula is C21H22N2O4. The molecule has 3 rings (SSSR count). The maximum atomic E-state index is 12.3. The van der Waals surface area contributed by atoms with Crippen LogP contribution in [0.3, 0.4) is 0 Å². The minimum absolute atomic E-state index is 0.144. The molecule has 0 spiro atoms. The van der Waals surface area contributed by atoms with Crippen LogP contribution in [0.4, 0.5) is 0 Å². The number of esters is 1. The summed E-state index contributed by atoms with van der Waals surface area (Å²) in [5, 5.41) is 2.57. The molecule has 0 saturated carbocycles. The van der Waals surface area contributed by atoms with E-state index in [0.29, 0.717) is 18.5 Å². The number of carbonyl (C=O) groups is 3. The molecule has 2 aromatic carbocycles. The Morgan fingerprint density at radius 3 is 2.56 bits per heavy atom. The van der Waals surface area contributed by atoms with Crippen molar-refractivity contribution in [2.45, 2.75) is 26.0 Å². The van der Waals surface area contributed by atoms with Gasteiger partial charge in [0.25, 0.3) is 5.91 Å². The van der Waals surface area contributed by atoms with E-state index in [1.165, 1.54) is 0 Å². The molecule has 0 bridgehead atoms. The van der Waals surface area contributed by atoms with E-state index in [2.05, 4.69) is 5.32 Å². The van der Waals surface area contributed by atoms with Crippen molar-refractivity contribution in [1.82, 2.24) is 10.2 Å². The van der Waals surface area contributed by atoms with E-state index in [9.17, 15) is 14.4 Å². The SMILES string of the molecule is O=C(CNC(=O)c1cccc(CN2CCCC2=O)c1)OCc1ccccc1. The Labute approximate surface area is 158 Å². The van der Waals surface area contributed by atoms with Gasteiger partial charge in [0.15, 0.2) is 0 Å². The average Bonchev–Trinajstić information content (AvgIpc) is 3.10. The fourth-order valence-corrected chi connectivity index (χ4v) is 2.95. The monoisotopic (exact) mass is 366 g/mol. The Morgan fingerprint density at radius 1 is 1.04 bits per heavy atom. The van der Waals surface area contributed by atoms with Crippen molar-refractivity contribution in [3.8, 4) is 0 Å². The van der Waals surface area contributed by atoms with Crippen molar-refractivity contribution in [3.63, 3.8) is 0 Å². The van der Waals surface area contributed by atoms with Crippen LogP contribution in [0.2, 0.25) is 0 Å². The molecule has 1 N–H and O–H groups in total. The van der Waals surface area contributed by atoms with Crippen molar-refractivity contribution < 1.29 is 19.1 Å². The standard InChI is InChI=1S/C21H22N2O4/c24-19-10-5-11-23(19)14-17-8-4-9-18(12-17)21(26)22-13-20(25)27-15-16-6-2-1-3-7-16/h1-4,6-9,12H,5,10-11,13-15H2,(H,22,26). The molecule has 0 unspecified atom stereocenters. The molecule has 140 valence electrons. The van der Waals surface area contributed by atoms with E-state index in [4.69, 9.17) is 4.74 Å². The maximum absolute atomic E-state index is 12.3. The van der Waals surface area contributed by atoms with E-state index < -0.39 is 5.97 Å². The first-order valence-corrected chi connectivity index (χ1v) is 8.96. The lowest BCUT2D eigenvalue weighted by atomic mass is 10.1. The number of amides is 2. The van der Waals surface area contributed by atoms with Crippen LogP contribution in [0.15, 0.2) is 54.6 Å². The minimum atomic E-state index is -0.494. The summed E-state index contributed by atoms with van der Waals surface area (Å²) in [5.41, 5.74) is 2.24. The molecule has 0 aliphatic carbocycles. The van der Waals surface area contributed by atoms with Gasteiger partial charge < -0.3 is 15.0 Å². The lowest BCUT2D eigenvalue weighted by molar-refractivity contribution is -0.143. The number of likely N-dealkylation sites (tertiary alicyclic amines) is 1. The Kier molecular flexibility index (Phi) is 6.20. The first kappa shape index (κ1) is 18.6. The second-order valence-corrected chi connectivity index (χ2v) is 6.45. The van der Waals surface area contributed by atoms with Crippen LogP contribution < -0.4 is 5.32 Å². The second kappa shape index (κ2) is 8.98. The molecule has 27 heavy (non-hydrogen) atoms. The van der Waals surface area contributed by atoms with Crippen LogP contribution >= 0.6 is 0 Å². The molecular weight excluding hydrogens is 344 g/mol. The Hall–Kier alpha value is -3.15. The summed E-state index contributed by atoms with van der Waals surface area (Å²) in [6.45, 7) is 1.23. The van der Waals surface area contributed by atoms with E-state index in [0.717, 1.165) is 24.1 Å². The van der Waals surface area contributed by atoms with Gasteiger partial charge in [0.1, 0.15) is 13.2 Å². The van der Waals surface area contributed by atoms with Crippen molar-refractivity contribution >= 4 is 17.8 Å². The summed E-state index contributed by atoms with van der Waals surface area (Å²) in [6.07, 6.45) is 1.47. The number of hydrogen-bond donors (Lipinski definition) is 1. The largest absolute Gasteiger partial charge is 0.460 e. The first-order valence-electron chi connectivity index (χ1n) is 8.96. The summed E-state index contributed by atoms with van der Waals surface area (Å²) >= 11 is 0. The smallest absolute Gasteiger partial charge is 0.325 e. The Balaban J connectivity index is 1.48. The van der Waals surface area contributed by atoms with E-state index in [1.807, 2.05) is 36.4 Å². The van der Waals surface area contributed by atoms with Crippen LogP contribution in [0.25, 0.3) is 0 Å². The Morgan fingerprint density at radius 2 is 1.81 bits per heavy atom. The third kappa shape index (κ3) is 5.41. The quantitative estimate of drug-likeness (QED) is 0.763. The van der Waals surface area contributed by atoms with Gasteiger partial charge in [-0.25, -0.2) is 0 Å². The van der Waals surface area contributed by atoms with E-state index in [1.54, 1.807) is 23.1 Å². The lowest BCUT2D eigenvalue weighted by Crippen LogP contribution is -2.30. The molecule has 1 heterocycles. The van der Waals surface area contributed by atoms with Gasteiger partial charge in [-0.2, -0.15) is 0 Å². The van der Waals surface area contributed by atoms with Crippen LogP contribution in [-0.2, 0) is 27.5 Å². The number of carbonyl (C=O) groups excluding carboxylic acids is 3. The predicted molar refractivity (Wildman–Crippen MR) is 99.7 cm³/mol. The zero-order valence-electron chi connectivity index (χ0n) is 15.0. The number of benzene rings is 2. The summed E-state index contributed by atoms with van der Waals surface area (Å²) in [6, 6.07) is 16.4. The highest BCUT2D eigenvalue weighted by molar-refractivity contribution is 5.96. The molecule has 2 aromatic rings. The number of nitrogens with zero attached hydrogens (tertiary/aromatic N) is 1. The topological polar surface area (TPSA) is 75.7 Å². The van der Waals surface area contributed by atoms with E-state index >= 15 is 0 Å². The third-order valence-corrected chi connectivity index (χ3v) is 4.37. The third-order valence-electron chi connectivity index (χ3n) is 4.37. The van der Waals surface area contributed by atoms with Crippen molar-refractivity contribution in [2.75, 3.05) is 13.1 Å². The second-order valence-electron chi connectivity index (χ2n) is 6.45. The molecule has 2 amide bonds. The summed E-state index contributed by atoms with van der Waals surface area (Å²) in [4.78, 5) is 37.6. The van der Waals surface area contributed by atoms with Crippen LogP contribution in [0.1, 0.15) is 34.3 Å². The molecule has 6 nitrogen and oxygen atoms in total. The highest BCUT2D eigenvalue weighted by Crippen LogP contribution is 2.15. The van der Waals surface area contributed by atoms with Gasteiger partial charge >= 0.3 is 5.97 Å².